The van der Waals surface area contributed by atoms with Gasteiger partial charge < -0.3 is 20.1 Å². The summed E-state index contributed by atoms with van der Waals surface area (Å²) < 4.78 is 30.2. The van der Waals surface area contributed by atoms with Crippen LogP contribution in [-0.4, -0.2) is 55.2 Å². The zero-order valence-corrected chi connectivity index (χ0v) is 18.2. The third-order valence-corrected chi connectivity index (χ3v) is 5.77. The highest BCUT2D eigenvalue weighted by Crippen LogP contribution is 2.41. The standard InChI is InChI=1S/C17H27N6O6P/c1-9(2)28-16(24)11(4)22-30(25,26)27-7-12-5-10(3)15(29-12)23-8-20-13-6-19-17(18)21-14(13)23/h6,8-12,15H,5,7H2,1-4H3,(H2,18,19,21)(H2,22,25,26)/t10-,11-,12-,15+/m0/s1. The second-order valence-electron chi connectivity index (χ2n) is 7.60. The van der Waals surface area contributed by atoms with Crippen LogP contribution in [0.4, 0.5) is 5.95 Å². The summed E-state index contributed by atoms with van der Waals surface area (Å²) in [6.45, 7) is 6.68. The lowest BCUT2D eigenvalue weighted by atomic mass is 10.1. The third kappa shape index (κ3) is 5.32. The number of esters is 1. The van der Waals surface area contributed by atoms with Crippen molar-refractivity contribution >= 4 is 30.8 Å². The summed E-state index contributed by atoms with van der Waals surface area (Å²) in [5.41, 5.74) is 6.81. The van der Waals surface area contributed by atoms with Gasteiger partial charge in [-0.3, -0.25) is 13.9 Å². The normalized spacial score (nSPS) is 24.8. The Morgan fingerprint density at radius 3 is 2.90 bits per heavy atom. The molecule has 4 N–H and O–H groups in total. The van der Waals surface area contributed by atoms with E-state index in [0.29, 0.717) is 17.6 Å². The Morgan fingerprint density at radius 1 is 1.47 bits per heavy atom. The van der Waals surface area contributed by atoms with Crippen LogP contribution in [0.25, 0.3) is 11.2 Å². The lowest BCUT2D eigenvalue weighted by Crippen LogP contribution is -2.35. The average Bonchev–Trinajstić information content (AvgIpc) is 3.21. The Kier molecular flexibility index (Phi) is 6.73. The first-order chi connectivity index (χ1) is 14.1. The quantitative estimate of drug-likeness (QED) is 0.399. The van der Waals surface area contributed by atoms with Crippen molar-refractivity contribution in [3.8, 4) is 0 Å². The fourth-order valence-electron chi connectivity index (χ4n) is 3.24. The molecule has 166 valence electrons. The van der Waals surface area contributed by atoms with Gasteiger partial charge in [-0.15, -0.1) is 0 Å². The molecule has 0 amide bonds. The van der Waals surface area contributed by atoms with E-state index in [2.05, 4.69) is 20.0 Å². The number of nitrogens with zero attached hydrogens (tertiary/aromatic N) is 4. The minimum atomic E-state index is -4.23. The molecule has 0 saturated carbocycles. The summed E-state index contributed by atoms with van der Waals surface area (Å²) in [7, 11) is -4.23. The lowest BCUT2D eigenvalue weighted by Gasteiger charge is -2.21. The maximum absolute atomic E-state index is 12.3. The van der Waals surface area contributed by atoms with Crippen LogP contribution in [-0.2, 0) is 23.4 Å². The van der Waals surface area contributed by atoms with Crippen molar-refractivity contribution < 1.29 is 28.3 Å². The zero-order valence-electron chi connectivity index (χ0n) is 17.3. The highest BCUT2D eigenvalue weighted by atomic mass is 31.2. The molecule has 0 unspecified atom stereocenters. The largest absolute Gasteiger partial charge is 0.462 e. The molecule has 0 bridgehead atoms. The minimum absolute atomic E-state index is 0.0678. The molecule has 1 saturated heterocycles. The molecule has 1 aliphatic rings. The Balaban J connectivity index is 1.59. The first-order valence-electron chi connectivity index (χ1n) is 9.62. The molecule has 13 heteroatoms. The van der Waals surface area contributed by atoms with E-state index in [1.807, 2.05) is 6.92 Å². The minimum Gasteiger partial charge on any atom is -0.462 e. The summed E-state index contributed by atoms with van der Waals surface area (Å²) >= 11 is 0. The van der Waals surface area contributed by atoms with Gasteiger partial charge in [0.05, 0.1) is 31.3 Å². The van der Waals surface area contributed by atoms with Crippen molar-refractivity contribution in [3.05, 3.63) is 12.5 Å². The molecule has 3 heterocycles. The molecule has 0 radical (unpaired) electrons. The first-order valence-corrected chi connectivity index (χ1v) is 11.2. The molecule has 2 aromatic rings. The highest BCUT2D eigenvalue weighted by Gasteiger charge is 2.36. The lowest BCUT2D eigenvalue weighted by molar-refractivity contribution is -0.149. The predicted octanol–water partition coefficient (Wildman–Crippen LogP) is 1.38. The molecular weight excluding hydrogens is 415 g/mol. The summed E-state index contributed by atoms with van der Waals surface area (Å²) in [5, 5.41) is 2.28. The van der Waals surface area contributed by atoms with Gasteiger partial charge >= 0.3 is 13.7 Å². The summed E-state index contributed by atoms with van der Waals surface area (Å²) in [6, 6.07) is -0.998. The molecule has 1 aliphatic heterocycles. The number of nitrogen functional groups attached to an aromatic ring is 1. The van der Waals surface area contributed by atoms with Gasteiger partial charge in [0.25, 0.3) is 0 Å². The van der Waals surface area contributed by atoms with Crippen molar-refractivity contribution in [2.75, 3.05) is 12.3 Å². The van der Waals surface area contributed by atoms with Crippen LogP contribution < -0.4 is 10.8 Å². The summed E-state index contributed by atoms with van der Waals surface area (Å²) in [4.78, 5) is 34.2. The van der Waals surface area contributed by atoms with Crippen LogP contribution in [0.15, 0.2) is 12.5 Å². The number of fused-ring (bicyclic) bond motifs is 1. The molecule has 12 nitrogen and oxygen atoms in total. The number of carbonyl (C=O) groups excluding carboxylic acids is 1. The van der Waals surface area contributed by atoms with E-state index in [1.54, 1.807) is 24.7 Å². The van der Waals surface area contributed by atoms with Gasteiger partial charge in [0.1, 0.15) is 17.8 Å². The SMILES string of the molecule is CC(C)OC(=O)[C@H](C)N[P@](=O)(O)OC[C@@H]1C[C@H](C)[C@H](n2cnc3cnc(N)nc32)O1. The molecule has 0 aromatic carbocycles. The topological polar surface area (TPSA) is 164 Å². The van der Waals surface area contributed by atoms with Gasteiger partial charge in [0, 0.05) is 5.92 Å². The van der Waals surface area contributed by atoms with E-state index in [4.69, 9.17) is 19.7 Å². The van der Waals surface area contributed by atoms with Crippen LogP contribution in [0.5, 0.6) is 0 Å². The maximum Gasteiger partial charge on any atom is 0.403 e. The Morgan fingerprint density at radius 2 is 2.20 bits per heavy atom. The molecular formula is C17H27N6O6P. The van der Waals surface area contributed by atoms with E-state index in [9.17, 15) is 14.3 Å². The van der Waals surface area contributed by atoms with Gasteiger partial charge in [0.2, 0.25) is 5.95 Å². The van der Waals surface area contributed by atoms with Crippen LogP contribution in [0, 0.1) is 5.92 Å². The van der Waals surface area contributed by atoms with Crippen LogP contribution in [0.3, 0.4) is 0 Å². The number of nitrogens with two attached hydrogens (primary N) is 1. The Hall–Kier alpha value is -2.11. The number of nitrogens with one attached hydrogen (secondary N) is 1. The molecule has 1 fully saturated rings. The number of carbonyl (C=O) groups is 1. The monoisotopic (exact) mass is 442 g/mol. The fraction of sp³-hybridized carbons (Fsp3) is 0.647. The number of hydrogen-bond donors (Lipinski definition) is 3. The molecule has 0 aliphatic carbocycles. The Labute approximate surface area is 173 Å². The van der Waals surface area contributed by atoms with E-state index >= 15 is 0 Å². The van der Waals surface area contributed by atoms with Crippen LogP contribution in [0.1, 0.15) is 40.3 Å². The number of rotatable bonds is 8. The van der Waals surface area contributed by atoms with Crippen LogP contribution >= 0.6 is 7.75 Å². The van der Waals surface area contributed by atoms with Crippen molar-refractivity contribution in [1.29, 1.82) is 0 Å². The van der Waals surface area contributed by atoms with Gasteiger partial charge in [-0.1, -0.05) is 6.92 Å². The summed E-state index contributed by atoms with van der Waals surface area (Å²) in [5.74, 6) is -0.438. The van der Waals surface area contributed by atoms with Crippen molar-refractivity contribution in [2.45, 2.75) is 58.6 Å². The van der Waals surface area contributed by atoms with E-state index < -0.39 is 25.9 Å². The third-order valence-electron chi connectivity index (χ3n) is 4.56. The van der Waals surface area contributed by atoms with E-state index in [1.165, 1.54) is 13.1 Å². The number of imidazole rings is 1. The van der Waals surface area contributed by atoms with Gasteiger partial charge in [-0.25, -0.2) is 19.6 Å². The fourth-order valence-corrected chi connectivity index (χ4v) is 4.28. The maximum atomic E-state index is 12.3. The number of ether oxygens (including phenoxy) is 2. The molecule has 30 heavy (non-hydrogen) atoms. The smallest absolute Gasteiger partial charge is 0.403 e. The number of aromatic nitrogens is 4. The van der Waals surface area contributed by atoms with E-state index in [-0.39, 0.29) is 30.8 Å². The first kappa shape index (κ1) is 22.6. The molecule has 3 rings (SSSR count). The Bertz CT molecular complexity index is 952. The predicted molar refractivity (Wildman–Crippen MR) is 107 cm³/mol. The van der Waals surface area contributed by atoms with E-state index in [0.717, 1.165) is 0 Å². The molecule has 0 spiro atoms. The van der Waals surface area contributed by atoms with Gasteiger partial charge in [0.15, 0.2) is 5.65 Å². The second kappa shape index (κ2) is 8.94. The van der Waals surface area contributed by atoms with Crippen molar-refractivity contribution in [1.82, 2.24) is 24.6 Å². The van der Waals surface area contributed by atoms with Gasteiger partial charge in [-0.05, 0) is 27.2 Å². The van der Waals surface area contributed by atoms with Gasteiger partial charge in [-0.2, -0.15) is 4.98 Å². The highest BCUT2D eigenvalue weighted by molar-refractivity contribution is 7.50. The zero-order chi connectivity index (χ0) is 22.1. The van der Waals surface area contributed by atoms with Crippen molar-refractivity contribution in [2.24, 2.45) is 5.92 Å². The second-order valence-corrected chi connectivity index (χ2v) is 9.16. The van der Waals surface area contributed by atoms with Crippen molar-refractivity contribution in [3.63, 3.8) is 0 Å². The summed E-state index contributed by atoms with van der Waals surface area (Å²) in [6.07, 6.45) is 2.59. The number of hydrogen-bond acceptors (Lipinski definition) is 9. The van der Waals surface area contributed by atoms with Crippen LogP contribution in [0.2, 0.25) is 0 Å². The molecule has 2 aromatic heterocycles. The molecule has 5 atom stereocenters. The number of anilines is 1. The average molecular weight is 442 g/mol.